The monoisotopic (exact) mass is 293 g/mol. The van der Waals surface area contributed by atoms with Crippen LogP contribution in [0.4, 0.5) is 0 Å². The van der Waals surface area contributed by atoms with Gasteiger partial charge in [0.05, 0.1) is 5.56 Å². The second-order valence-corrected chi connectivity index (χ2v) is 5.10. The van der Waals surface area contributed by atoms with Gasteiger partial charge in [-0.15, -0.1) is 0 Å². The highest BCUT2D eigenvalue weighted by Crippen LogP contribution is 2.17. The minimum Gasteiger partial charge on any atom is -0.483 e. The number of hydrogen-bond acceptors (Lipinski definition) is 4. The number of rotatable bonds is 7. The molecule has 0 saturated carbocycles. The molecule has 0 aliphatic rings. The van der Waals surface area contributed by atoms with Gasteiger partial charge >= 0.3 is 0 Å². The number of carbonyl (C=O) groups is 1. The highest BCUT2D eigenvalue weighted by molar-refractivity contribution is 5.99. The molecule has 116 valence electrons. The molecule has 1 aromatic rings. The van der Waals surface area contributed by atoms with E-state index in [9.17, 15) is 4.79 Å². The number of hydrogen-bond donors (Lipinski definition) is 3. The number of amides is 1. The molecule has 6 heteroatoms. The number of nitrogens with two attached hydrogens (primary N) is 1. The number of amidine groups is 1. The first-order valence-corrected chi connectivity index (χ1v) is 6.98. The predicted molar refractivity (Wildman–Crippen MR) is 81.5 cm³/mol. The molecule has 6 nitrogen and oxygen atoms in total. The second-order valence-electron chi connectivity index (χ2n) is 5.10. The molecule has 0 aliphatic heterocycles. The lowest BCUT2D eigenvalue weighted by molar-refractivity contribution is -0.124. The molecule has 0 bridgehead atoms. The van der Waals surface area contributed by atoms with Gasteiger partial charge in [-0.3, -0.25) is 4.79 Å². The van der Waals surface area contributed by atoms with E-state index in [2.05, 4.69) is 24.3 Å². The summed E-state index contributed by atoms with van der Waals surface area (Å²) >= 11 is 0. The van der Waals surface area contributed by atoms with Gasteiger partial charge in [0.25, 0.3) is 5.91 Å². The first-order valence-electron chi connectivity index (χ1n) is 6.98. The van der Waals surface area contributed by atoms with Gasteiger partial charge in [-0.2, -0.15) is 0 Å². The number of nitrogens with zero attached hydrogens (tertiary/aromatic N) is 1. The lowest BCUT2D eigenvalue weighted by atomic mass is 10.0. The zero-order chi connectivity index (χ0) is 15.8. The fraction of sp³-hybridized carbons (Fsp3) is 0.467. The summed E-state index contributed by atoms with van der Waals surface area (Å²) in [6, 6.07) is 6.95. The van der Waals surface area contributed by atoms with E-state index in [-0.39, 0.29) is 24.4 Å². The molecule has 1 amide bonds. The van der Waals surface area contributed by atoms with Gasteiger partial charge in [-0.25, -0.2) is 0 Å². The second kappa shape index (κ2) is 8.14. The molecular weight excluding hydrogens is 270 g/mol. The Labute approximate surface area is 125 Å². The molecular formula is C15H23N3O3. The van der Waals surface area contributed by atoms with Crippen LogP contribution in [-0.4, -0.2) is 29.6 Å². The number of oxime groups is 1. The van der Waals surface area contributed by atoms with Crippen molar-refractivity contribution >= 4 is 11.7 Å². The first kappa shape index (κ1) is 16.8. The van der Waals surface area contributed by atoms with Crippen LogP contribution >= 0.6 is 0 Å². The quantitative estimate of drug-likeness (QED) is 0.308. The van der Waals surface area contributed by atoms with Gasteiger partial charge in [0, 0.05) is 6.04 Å². The maximum absolute atomic E-state index is 11.9. The van der Waals surface area contributed by atoms with Crippen molar-refractivity contribution in [3.63, 3.8) is 0 Å². The molecule has 0 aliphatic carbocycles. The highest BCUT2D eigenvalue weighted by Gasteiger charge is 2.15. The first-order chi connectivity index (χ1) is 9.99. The van der Waals surface area contributed by atoms with Crippen molar-refractivity contribution in [1.82, 2.24) is 5.32 Å². The predicted octanol–water partition coefficient (Wildman–Crippen LogP) is 1.71. The van der Waals surface area contributed by atoms with Crippen LogP contribution in [0.1, 0.15) is 32.8 Å². The number of carbonyl (C=O) groups excluding carboxylic acids is 1. The van der Waals surface area contributed by atoms with Crippen LogP contribution in [0.3, 0.4) is 0 Å². The fourth-order valence-corrected chi connectivity index (χ4v) is 1.99. The fourth-order valence-electron chi connectivity index (χ4n) is 1.99. The smallest absolute Gasteiger partial charge is 0.258 e. The van der Waals surface area contributed by atoms with E-state index in [1.54, 1.807) is 24.3 Å². The van der Waals surface area contributed by atoms with E-state index < -0.39 is 0 Å². The van der Waals surface area contributed by atoms with Crippen molar-refractivity contribution in [1.29, 1.82) is 0 Å². The molecule has 0 heterocycles. The average molecular weight is 293 g/mol. The standard InChI is InChI=1S/C15H23N3O3/c1-4-12(10(2)3)17-14(19)9-21-13-8-6-5-7-11(13)15(16)18-20/h5-8,10,12,20H,4,9H2,1-3H3,(H2,16,18)(H,17,19). The van der Waals surface area contributed by atoms with E-state index in [1.807, 2.05) is 6.92 Å². The summed E-state index contributed by atoms with van der Waals surface area (Å²) in [5.74, 6) is 0.522. The van der Waals surface area contributed by atoms with Gasteiger partial charge in [0.1, 0.15) is 5.75 Å². The van der Waals surface area contributed by atoms with Crippen molar-refractivity contribution in [3.8, 4) is 5.75 Å². The molecule has 1 aromatic carbocycles. The third-order valence-electron chi connectivity index (χ3n) is 3.22. The molecule has 4 N–H and O–H groups in total. The van der Waals surface area contributed by atoms with Gasteiger partial charge < -0.3 is 21.0 Å². The molecule has 1 unspecified atom stereocenters. The average Bonchev–Trinajstić information content (AvgIpc) is 2.49. The van der Waals surface area contributed by atoms with Crippen molar-refractivity contribution < 1.29 is 14.7 Å². The number of ether oxygens (including phenoxy) is 1. The maximum atomic E-state index is 11.9. The number of nitrogens with one attached hydrogen (secondary N) is 1. The van der Waals surface area contributed by atoms with Gasteiger partial charge in [0.2, 0.25) is 0 Å². The van der Waals surface area contributed by atoms with Crippen molar-refractivity contribution in [3.05, 3.63) is 29.8 Å². The van der Waals surface area contributed by atoms with Crippen molar-refractivity contribution in [2.24, 2.45) is 16.8 Å². The minimum atomic E-state index is -0.190. The number of benzene rings is 1. The Morgan fingerprint density at radius 2 is 2.10 bits per heavy atom. The molecule has 0 aromatic heterocycles. The molecule has 1 atom stereocenters. The van der Waals surface area contributed by atoms with Crippen LogP contribution in [0.5, 0.6) is 5.75 Å². The summed E-state index contributed by atoms with van der Waals surface area (Å²) in [6.07, 6.45) is 0.865. The van der Waals surface area contributed by atoms with Crippen LogP contribution in [0.25, 0.3) is 0 Å². The zero-order valence-electron chi connectivity index (χ0n) is 12.7. The summed E-state index contributed by atoms with van der Waals surface area (Å²) in [5, 5.41) is 14.6. The molecule has 0 spiro atoms. The Kier molecular flexibility index (Phi) is 6.52. The number of para-hydroxylation sites is 1. The van der Waals surface area contributed by atoms with E-state index in [0.717, 1.165) is 6.42 Å². The summed E-state index contributed by atoms with van der Waals surface area (Å²) in [4.78, 5) is 11.9. The Hall–Kier alpha value is -2.24. The Balaban J connectivity index is 2.66. The summed E-state index contributed by atoms with van der Waals surface area (Å²) in [5.41, 5.74) is 6.01. The topological polar surface area (TPSA) is 96.9 Å². The van der Waals surface area contributed by atoms with Crippen molar-refractivity contribution in [2.45, 2.75) is 33.2 Å². The van der Waals surface area contributed by atoms with E-state index in [4.69, 9.17) is 15.7 Å². The van der Waals surface area contributed by atoms with Gasteiger partial charge in [-0.1, -0.05) is 38.1 Å². The van der Waals surface area contributed by atoms with Crippen LogP contribution in [0.2, 0.25) is 0 Å². The lowest BCUT2D eigenvalue weighted by Crippen LogP contribution is -2.40. The Morgan fingerprint density at radius 3 is 2.67 bits per heavy atom. The lowest BCUT2D eigenvalue weighted by Gasteiger charge is -2.20. The van der Waals surface area contributed by atoms with E-state index >= 15 is 0 Å². The molecule has 0 radical (unpaired) electrons. The van der Waals surface area contributed by atoms with E-state index in [0.29, 0.717) is 17.2 Å². The third kappa shape index (κ3) is 4.98. The van der Waals surface area contributed by atoms with Crippen LogP contribution in [0, 0.1) is 5.92 Å². The van der Waals surface area contributed by atoms with E-state index in [1.165, 1.54) is 0 Å². The Morgan fingerprint density at radius 1 is 1.43 bits per heavy atom. The van der Waals surface area contributed by atoms with Crippen molar-refractivity contribution in [2.75, 3.05) is 6.61 Å². The van der Waals surface area contributed by atoms with Gasteiger partial charge in [0.15, 0.2) is 12.4 Å². The SMILES string of the molecule is CCC(NC(=O)COc1ccccc1C(N)=NO)C(C)C. The zero-order valence-corrected chi connectivity index (χ0v) is 12.7. The maximum Gasteiger partial charge on any atom is 0.258 e. The summed E-state index contributed by atoms with van der Waals surface area (Å²) < 4.78 is 5.46. The van der Waals surface area contributed by atoms with Crippen LogP contribution in [0.15, 0.2) is 29.4 Å². The summed E-state index contributed by atoms with van der Waals surface area (Å²) in [7, 11) is 0. The van der Waals surface area contributed by atoms with Gasteiger partial charge in [-0.05, 0) is 24.5 Å². The van der Waals surface area contributed by atoms with Crippen LogP contribution in [-0.2, 0) is 4.79 Å². The minimum absolute atomic E-state index is 0.0559. The Bertz CT molecular complexity index is 501. The summed E-state index contributed by atoms with van der Waals surface area (Å²) in [6.45, 7) is 6.03. The largest absolute Gasteiger partial charge is 0.483 e. The molecule has 21 heavy (non-hydrogen) atoms. The molecule has 0 fully saturated rings. The molecule has 0 saturated heterocycles. The highest BCUT2D eigenvalue weighted by atomic mass is 16.5. The third-order valence-corrected chi connectivity index (χ3v) is 3.22. The van der Waals surface area contributed by atoms with Crippen LogP contribution < -0.4 is 15.8 Å². The normalized spacial score (nSPS) is 13.0. The molecule has 1 rings (SSSR count).